The number of fused-ring (bicyclic) bond motifs is 5. The summed E-state index contributed by atoms with van der Waals surface area (Å²) in [6, 6.07) is 21.5. The Morgan fingerprint density at radius 1 is 0.974 bits per heavy atom. The summed E-state index contributed by atoms with van der Waals surface area (Å²) in [5.74, 6) is -1.17. The number of aromatic nitrogens is 1. The van der Waals surface area contributed by atoms with Gasteiger partial charge in [-0.05, 0) is 43.7 Å². The molecule has 1 unspecified atom stereocenters. The molecule has 3 aromatic carbocycles. The minimum Gasteiger partial charge on any atom is -0.450 e. The quantitative estimate of drug-likeness (QED) is 0.275. The first-order valence-corrected chi connectivity index (χ1v) is 13.5. The number of benzene rings is 3. The highest BCUT2D eigenvalue weighted by atomic mass is 35.5. The topological polar surface area (TPSA) is 83.7 Å². The maximum absolute atomic E-state index is 14.8. The van der Waals surface area contributed by atoms with Gasteiger partial charge in [-0.3, -0.25) is 19.3 Å². The Bertz CT molecular complexity index is 1900. The van der Waals surface area contributed by atoms with Gasteiger partial charge in [0.05, 0.1) is 28.9 Å². The van der Waals surface area contributed by atoms with Gasteiger partial charge in [0.1, 0.15) is 5.58 Å². The number of hydrogen-bond acceptors (Lipinski definition) is 6. The van der Waals surface area contributed by atoms with Crippen molar-refractivity contribution >= 4 is 56.5 Å². The Kier molecular flexibility index (Phi) is 5.11. The molecule has 0 radical (unpaired) electrons. The second-order valence-corrected chi connectivity index (χ2v) is 11.3. The first kappa shape index (κ1) is 23.8. The molecule has 1 atom stereocenters. The van der Waals surface area contributed by atoms with Crippen LogP contribution in [0.3, 0.4) is 0 Å². The number of carbonyl (C=O) groups is 2. The number of hydrogen-bond donors (Lipinski definition) is 0. The molecule has 1 spiro atoms. The second-order valence-electron chi connectivity index (χ2n) is 9.66. The van der Waals surface area contributed by atoms with E-state index in [1.807, 2.05) is 56.3 Å². The summed E-state index contributed by atoms with van der Waals surface area (Å²) < 4.78 is 6.10. The van der Waals surface area contributed by atoms with E-state index in [1.165, 1.54) is 22.3 Å². The predicted octanol–water partition coefficient (Wildman–Crippen LogP) is 5.97. The van der Waals surface area contributed by atoms with Crippen LogP contribution in [0.5, 0.6) is 0 Å². The molecule has 2 aliphatic heterocycles. The monoisotopic (exact) mass is 553 g/mol. The van der Waals surface area contributed by atoms with Crippen molar-refractivity contribution in [3.8, 4) is 0 Å². The summed E-state index contributed by atoms with van der Waals surface area (Å²) >= 11 is 7.55. The van der Waals surface area contributed by atoms with Crippen molar-refractivity contribution < 1.29 is 14.0 Å². The van der Waals surface area contributed by atoms with E-state index in [2.05, 4.69) is 4.98 Å². The van der Waals surface area contributed by atoms with E-state index in [9.17, 15) is 14.4 Å². The zero-order valence-electron chi connectivity index (χ0n) is 20.9. The van der Waals surface area contributed by atoms with E-state index >= 15 is 0 Å². The van der Waals surface area contributed by atoms with Crippen molar-refractivity contribution in [1.29, 1.82) is 0 Å². The predicted molar refractivity (Wildman–Crippen MR) is 151 cm³/mol. The molecule has 39 heavy (non-hydrogen) atoms. The molecule has 5 aromatic rings. The molecule has 7 rings (SSSR count). The number of para-hydroxylation sites is 1. The number of aryl methyl sites for hydroxylation is 2. The molecule has 7 nitrogen and oxygen atoms in total. The van der Waals surface area contributed by atoms with Crippen molar-refractivity contribution in [2.45, 2.75) is 25.9 Å². The van der Waals surface area contributed by atoms with Crippen LogP contribution in [0, 0.1) is 13.8 Å². The largest absolute Gasteiger partial charge is 0.450 e. The summed E-state index contributed by atoms with van der Waals surface area (Å²) in [5.41, 5.74) is 0.743. The van der Waals surface area contributed by atoms with Gasteiger partial charge in [-0.2, -0.15) is 0 Å². The highest BCUT2D eigenvalue weighted by Crippen LogP contribution is 2.54. The van der Waals surface area contributed by atoms with Gasteiger partial charge in [0.25, 0.3) is 11.8 Å². The molecule has 2 aliphatic rings. The van der Waals surface area contributed by atoms with Gasteiger partial charge < -0.3 is 9.32 Å². The average molecular weight is 554 g/mol. The zero-order valence-corrected chi connectivity index (χ0v) is 22.5. The van der Waals surface area contributed by atoms with Gasteiger partial charge in [-0.1, -0.05) is 60.1 Å². The number of carbonyl (C=O) groups excluding carboxylic acids is 2. The zero-order chi connectivity index (χ0) is 27.1. The molecule has 192 valence electrons. The van der Waals surface area contributed by atoms with Gasteiger partial charge in [-0.25, -0.2) is 4.98 Å². The van der Waals surface area contributed by atoms with Crippen LogP contribution in [0.1, 0.15) is 37.8 Å². The fraction of sp³-hybridized carbons (Fsp3) is 0.133. The summed E-state index contributed by atoms with van der Waals surface area (Å²) in [6.07, 6.45) is 0. The van der Waals surface area contributed by atoms with E-state index in [-0.39, 0.29) is 28.8 Å². The number of thiazole rings is 1. The molecule has 0 bridgehead atoms. The van der Waals surface area contributed by atoms with Crippen LogP contribution in [0.4, 0.5) is 10.8 Å². The molecule has 0 N–H and O–H groups in total. The van der Waals surface area contributed by atoms with Crippen LogP contribution in [0.15, 0.2) is 82.0 Å². The van der Waals surface area contributed by atoms with Crippen molar-refractivity contribution in [2.75, 3.05) is 9.80 Å². The Balaban J connectivity index is 1.58. The third kappa shape index (κ3) is 3.16. The smallest absolute Gasteiger partial charge is 0.297 e. The van der Waals surface area contributed by atoms with Crippen molar-refractivity contribution in [3.63, 3.8) is 0 Å². The summed E-state index contributed by atoms with van der Waals surface area (Å²) in [4.78, 5) is 51.9. The molecule has 0 aliphatic carbocycles. The van der Waals surface area contributed by atoms with E-state index in [0.717, 1.165) is 16.1 Å². The lowest BCUT2D eigenvalue weighted by Crippen LogP contribution is -2.53. The Hall–Kier alpha value is -4.27. The highest BCUT2D eigenvalue weighted by Gasteiger charge is 2.66. The number of anilines is 2. The number of amides is 2. The average Bonchev–Trinajstić information content (AvgIpc) is 3.49. The second kappa shape index (κ2) is 8.36. The SMILES string of the molecule is Cc1nc(N2C(=O)c3oc4ccc(Cl)cc4c(=O)c3C23C(=O)N(Cc2ccccc2)c2ccccc23)sc1C. The molecule has 0 saturated heterocycles. The maximum Gasteiger partial charge on any atom is 0.297 e. The molecular weight excluding hydrogens is 534 g/mol. The first-order chi connectivity index (χ1) is 18.8. The third-order valence-corrected chi connectivity index (χ3v) is 8.77. The molecule has 2 aromatic heterocycles. The van der Waals surface area contributed by atoms with Crippen LogP contribution in [-0.4, -0.2) is 16.8 Å². The van der Waals surface area contributed by atoms with Crippen molar-refractivity contribution in [2.24, 2.45) is 0 Å². The Morgan fingerprint density at radius 3 is 2.46 bits per heavy atom. The van der Waals surface area contributed by atoms with Crippen LogP contribution >= 0.6 is 22.9 Å². The fourth-order valence-electron chi connectivity index (χ4n) is 5.61. The molecule has 0 fully saturated rings. The van der Waals surface area contributed by atoms with Crippen LogP contribution < -0.4 is 15.2 Å². The summed E-state index contributed by atoms with van der Waals surface area (Å²) in [7, 11) is 0. The van der Waals surface area contributed by atoms with E-state index in [0.29, 0.717) is 21.4 Å². The van der Waals surface area contributed by atoms with Crippen molar-refractivity contribution in [3.05, 3.63) is 121 Å². The van der Waals surface area contributed by atoms with Gasteiger partial charge in [0.15, 0.2) is 16.1 Å². The van der Waals surface area contributed by atoms with E-state index in [1.54, 1.807) is 29.2 Å². The minimum atomic E-state index is -1.79. The van der Waals surface area contributed by atoms with Gasteiger partial charge in [-0.15, -0.1) is 11.3 Å². The van der Waals surface area contributed by atoms with Crippen LogP contribution in [0.25, 0.3) is 11.0 Å². The molecule has 2 amide bonds. The summed E-state index contributed by atoms with van der Waals surface area (Å²) in [5, 5.41) is 0.876. The molecule has 9 heteroatoms. The lowest BCUT2D eigenvalue weighted by molar-refractivity contribution is -0.121. The van der Waals surface area contributed by atoms with E-state index < -0.39 is 22.8 Å². The van der Waals surface area contributed by atoms with Gasteiger partial charge in [0.2, 0.25) is 5.76 Å². The minimum absolute atomic E-state index is 0.0132. The number of nitrogens with zero attached hydrogens (tertiary/aromatic N) is 3. The van der Waals surface area contributed by atoms with Crippen LogP contribution in [-0.2, 0) is 16.9 Å². The number of rotatable bonds is 3. The highest BCUT2D eigenvalue weighted by molar-refractivity contribution is 7.16. The lowest BCUT2D eigenvalue weighted by Gasteiger charge is -2.32. The van der Waals surface area contributed by atoms with Crippen molar-refractivity contribution in [1.82, 2.24) is 4.98 Å². The van der Waals surface area contributed by atoms with Gasteiger partial charge in [0, 0.05) is 15.5 Å². The fourth-order valence-corrected chi connectivity index (χ4v) is 6.74. The lowest BCUT2D eigenvalue weighted by atomic mass is 9.84. The Morgan fingerprint density at radius 2 is 1.72 bits per heavy atom. The first-order valence-electron chi connectivity index (χ1n) is 12.3. The summed E-state index contributed by atoms with van der Waals surface area (Å²) in [6.45, 7) is 4.01. The Labute approximate surface area is 231 Å². The molecular formula is C30H20ClN3O4S. The number of halogens is 1. The molecule has 4 heterocycles. The maximum atomic E-state index is 14.8. The standard InChI is InChI=1S/C30H20ClN3O4S/c1-16-17(2)39-29(32-16)34-27(36)26-24(25(35)20-14-19(31)12-13-23(20)38-26)30(34)21-10-6-7-11-22(21)33(28(30)37)15-18-8-4-3-5-9-18/h3-14H,15H2,1-2H3. The van der Waals surface area contributed by atoms with Crippen LogP contribution in [0.2, 0.25) is 5.02 Å². The van der Waals surface area contributed by atoms with Gasteiger partial charge >= 0.3 is 0 Å². The van der Waals surface area contributed by atoms with E-state index in [4.69, 9.17) is 16.0 Å². The molecule has 0 saturated carbocycles. The third-order valence-electron chi connectivity index (χ3n) is 7.48. The normalized spacial score (nSPS) is 17.9.